The number of alkyl halides is 3. The summed E-state index contributed by atoms with van der Waals surface area (Å²) in [6.45, 7) is 0.246. The lowest BCUT2D eigenvalue weighted by molar-refractivity contribution is -0.235. The van der Waals surface area contributed by atoms with Crippen molar-refractivity contribution in [3.63, 3.8) is 0 Å². The van der Waals surface area contributed by atoms with E-state index in [2.05, 4.69) is 9.88 Å². The molecule has 13 heteroatoms. The number of hydrogen-bond acceptors (Lipinski definition) is 6. The fraction of sp³-hybridized carbons (Fsp3) is 0.310. The molecule has 8 nitrogen and oxygen atoms in total. The summed E-state index contributed by atoms with van der Waals surface area (Å²) in [6.07, 6.45) is -0.917. The molecule has 42 heavy (non-hydrogen) atoms. The van der Waals surface area contributed by atoms with Crippen LogP contribution in [0.3, 0.4) is 0 Å². The SMILES string of the molecule is O=C(c1ccc(Cl)c(Cl)c1)N1CC(=O)[N+](CC2CCN(c3ccncc3)CC2)(OC(=O)C(F)(F)F)c2ccccc2C1. The van der Waals surface area contributed by atoms with E-state index in [9.17, 15) is 27.6 Å². The predicted octanol–water partition coefficient (Wildman–Crippen LogP) is 5.82. The fourth-order valence-corrected chi connectivity index (χ4v) is 5.75. The van der Waals surface area contributed by atoms with Gasteiger partial charge in [0, 0.05) is 54.3 Å². The van der Waals surface area contributed by atoms with Gasteiger partial charge in [0.05, 0.1) is 16.6 Å². The lowest BCUT2D eigenvalue weighted by Crippen LogP contribution is -2.61. The zero-order valence-electron chi connectivity index (χ0n) is 22.2. The minimum Gasteiger partial charge on any atom is -0.371 e. The van der Waals surface area contributed by atoms with Crippen LogP contribution in [0.15, 0.2) is 67.0 Å². The third-order valence-corrected chi connectivity index (χ3v) is 8.29. The molecule has 3 aromatic rings. The molecular weight excluding hydrogens is 596 g/mol. The zero-order chi connectivity index (χ0) is 30.1. The van der Waals surface area contributed by atoms with Gasteiger partial charge >= 0.3 is 18.1 Å². The van der Waals surface area contributed by atoms with Gasteiger partial charge in [-0.25, -0.2) is 9.59 Å². The second kappa shape index (κ2) is 11.9. The average Bonchev–Trinajstić information content (AvgIpc) is 3.09. The number of amides is 2. The highest BCUT2D eigenvalue weighted by Crippen LogP contribution is 2.38. The number of carbonyl (C=O) groups excluding carboxylic acids is 3. The first-order valence-corrected chi connectivity index (χ1v) is 13.9. The number of pyridine rings is 1. The van der Waals surface area contributed by atoms with Crippen LogP contribution in [0.25, 0.3) is 0 Å². The number of quaternary nitrogens is 1. The van der Waals surface area contributed by atoms with Crippen molar-refractivity contribution in [3.05, 3.63) is 88.2 Å². The monoisotopic (exact) mass is 621 g/mol. The summed E-state index contributed by atoms with van der Waals surface area (Å²) in [6, 6.07) is 14.2. The number of hydrogen-bond donors (Lipinski definition) is 0. The van der Waals surface area contributed by atoms with Crippen LogP contribution >= 0.6 is 23.2 Å². The molecule has 1 atom stereocenters. The van der Waals surface area contributed by atoms with Gasteiger partial charge in [0.1, 0.15) is 13.1 Å². The molecule has 1 fully saturated rings. The van der Waals surface area contributed by atoms with Crippen LogP contribution in [0.5, 0.6) is 0 Å². The van der Waals surface area contributed by atoms with E-state index in [-0.39, 0.29) is 40.3 Å². The number of halogens is 5. The number of benzene rings is 2. The van der Waals surface area contributed by atoms with Crippen LogP contribution in [0.1, 0.15) is 28.8 Å². The van der Waals surface area contributed by atoms with Crippen molar-refractivity contribution >= 4 is 52.4 Å². The summed E-state index contributed by atoms with van der Waals surface area (Å²) >= 11 is 12.1. The zero-order valence-corrected chi connectivity index (χ0v) is 23.7. The maximum absolute atomic E-state index is 14.1. The molecular formula is C29H26Cl2F3N4O4+. The molecule has 3 heterocycles. The van der Waals surface area contributed by atoms with Gasteiger partial charge in [-0.2, -0.15) is 13.2 Å². The molecule has 0 aliphatic carbocycles. The van der Waals surface area contributed by atoms with E-state index in [1.807, 2.05) is 12.1 Å². The van der Waals surface area contributed by atoms with Crippen molar-refractivity contribution in [2.75, 3.05) is 31.1 Å². The van der Waals surface area contributed by atoms with Gasteiger partial charge in [0.2, 0.25) is 0 Å². The molecule has 2 amide bonds. The number of piperidine rings is 1. The predicted molar refractivity (Wildman–Crippen MR) is 151 cm³/mol. The Balaban J connectivity index is 1.49. The van der Waals surface area contributed by atoms with E-state index in [0.29, 0.717) is 31.5 Å². The highest BCUT2D eigenvalue weighted by Gasteiger charge is 2.56. The van der Waals surface area contributed by atoms with Crippen molar-refractivity contribution < 1.29 is 32.4 Å². The summed E-state index contributed by atoms with van der Waals surface area (Å²) in [4.78, 5) is 52.4. The Labute approximate surface area is 249 Å². The smallest absolute Gasteiger partial charge is 0.371 e. The summed E-state index contributed by atoms with van der Waals surface area (Å²) in [5.74, 6) is -4.20. The van der Waals surface area contributed by atoms with Crippen molar-refractivity contribution in [2.45, 2.75) is 25.6 Å². The van der Waals surface area contributed by atoms with Gasteiger partial charge in [-0.05, 0) is 47.8 Å². The third kappa shape index (κ3) is 6.08. The summed E-state index contributed by atoms with van der Waals surface area (Å²) in [5, 5.41) is 0.363. The lowest BCUT2D eigenvalue weighted by Gasteiger charge is -2.38. The number of nitrogens with zero attached hydrogens (tertiary/aromatic N) is 4. The highest BCUT2D eigenvalue weighted by atomic mass is 35.5. The van der Waals surface area contributed by atoms with Gasteiger partial charge in [-0.15, -0.1) is 0 Å². The van der Waals surface area contributed by atoms with Crippen LogP contribution in [0, 0.1) is 5.92 Å². The van der Waals surface area contributed by atoms with Crippen molar-refractivity contribution in [1.82, 2.24) is 14.5 Å². The first-order chi connectivity index (χ1) is 20.0. The van der Waals surface area contributed by atoms with Crippen molar-refractivity contribution in [1.29, 1.82) is 0 Å². The number of aromatic nitrogens is 1. The summed E-state index contributed by atoms with van der Waals surface area (Å²) < 4.78 is 39.5. The number of hydroxylamine groups is 2. The normalized spacial score (nSPS) is 19.7. The molecule has 1 unspecified atom stereocenters. The molecule has 1 saturated heterocycles. The Morgan fingerprint density at radius 3 is 2.33 bits per heavy atom. The topological polar surface area (TPSA) is 79.8 Å². The molecule has 2 aromatic carbocycles. The Hall–Kier alpha value is -3.67. The van der Waals surface area contributed by atoms with Crippen LogP contribution in [0.2, 0.25) is 10.0 Å². The van der Waals surface area contributed by atoms with E-state index in [1.165, 1.54) is 29.2 Å². The quantitative estimate of drug-likeness (QED) is 0.334. The van der Waals surface area contributed by atoms with E-state index in [4.69, 9.17) is 28.0 Å². The Kier molecular flexibility index (Phi) is 8.45. The molecule has 0 bridgehead atoms. The third-order valence-electron chi connectivity index (χ3n) is 7.55. The summed E-state index contributed by atoms with van der Waals surface area (Å²) in [7, 11) is 0. The molecule has 0 radical (unpaired) electrons. The van der Waals surface area contributed by atoms with Gasteiger partial charge in [0.25, 0.3) is 5.91 Å². The van der Waals surface area contributed by atoms with Crippen molar-refractivity contribution in [2.24, 2.45) is 5.92 Å². The number of anilines is 1. The van der Waals surface area contributed by atoms with E-state index in [0.717, 1.165) is 5.69 Å². The van der Waals surface area contributed by atoms with Crippen LogP contribution in [-0.2, 0) is 21.0 Å². The van der Waals surface area contributed by atoms with Gasteiger partial charge in [-0.3, -0.25) is 14.6 Å². The lowest BCUT2D eigenvalue weighted by atomic mass is 9.95. The molecule has 0 saturated carbocycles. The standard InChI is InChI=1S/C29H26Cl2F3N4O4/c30-23-6-5-20(15-24(23)31)27(40)37-16-21-3-1-2-4-25(21)38(26(39)17-37,42-28(41)29(32,33)34)18-19-9-13-36(14-10-19)22-7-11-35-12-8-22/h1-8,11-12,15,19H,9-10,13-14,16-18H2/q+1. The van der Waals surface area contributed by atoms with E-state index in [1.54, 1.807) is 30.6 Å². The molecule has 0 N–H and O–H groups in total. The first kappa shape index (κ1) is 29.8. The number of para-hydroxylation sites is 1. The molecule has 220 valence electrons. The largest absolute Gasteiger partial charge is 0.497 e. The molecule has 1 aromatic heterocycles. The van der Waals surface area contributed by atoms with E-state index >= 15 is 0 Å². The fourth-order valence-electron chi connectivity index (χ4n) is 5.45. The highest BCUT2D eigenvalue weighted by molar-refractivity contribution is 6.42. The van der Waals surface area contributed by atoms with Crippen LogP contribution in [0.4, 0.5) is 24.5 Å². The summed E-state index contributed by atoms with van der Waals surface area (Å²) in [5.41, 5.74) is 1.57. The van der Waals surface area contributed by atoms with Gasteiger partial charge < -0.3 is 9.80 Å². The second-order valence-electron chi connectivity index (χ2n) is 10.2. The van der Waals surface area contributed by atoms with Gasteiger partial charge in [-0.1, -0.05) is 41.4 Å². The maximum atomic E-state index is 14.1. The molecule has 2 aliphatic heterocycles. The van der Waals surface area contributed by atoms with E-state index < -0.39 is 35.2 Å². The Morgan fingerprint density at radius 2 is 1.67 bits per heavy atom. The second-order valence-corrected chi connectivity index (χ2v) is 11.1. The van der Waals surface area contributed by atoms with Gasteiger partial charge in [0.15, 0.2) is 5.69 Å². The number of fused-ring (bicyclic) bond motifs is 1. The number of rotatable bonds is 5. The maximum Gasteiger partial charge on any atom is 0.497 e. The van der Waals surface area contributed by atoms with Crippen LogP contribution in [-0.4, -0.2) is 60.0 Å². The Morgan fingerprint density at radius 1 is 0.976 bits per heavy atom. The van der Waals surface area contributed by atoms with Crippen LogP contribution < -0.4 is 9.55 Å². The molecule has 2 aliphatic rings. The average molecular weight is 622 g/mol. The minimum absolute atomic E-state index is 0.0844. The first-order valence-electron chi connectivity index (χ1n) is 13.2. The molecule has 5 rings (SSSR count). The number of carbonyl (C=O) groups is 3. The molecule has 0 spiro atoms. The van der Waals surface area contributed by atoms with Crippen molar-refractivity contribution in [3.8, 4) is 0 Å². The minimum atomic E-state index is -5.34. The Bertz CT molecular complexity index is 1500.